The van der Waals surface area contributed by atoms with Crippen LogP contribution in [0.15, 0.2) is 52.9 Å². The van der Waals surface area contributed by atoms with Crippen molar-refractivity contribution in [1.82, 2.24) is 30.4 Å². The van der Waals surface area contributed by atoms with E-state index in [0.717, 1.165) is 4.88 Å². The monoisotopic (exact) mass is 397 g/mol. The quantitative estimate of drug-likeness (QED) is 0.492. The highest BCUT2D eigenvalue weighted by Crippen LogP contribution is 2.28. The van der Waals surface area contributed by atoms with Crippen molar-refractivity contribution in [3.8, 4) is 10.6 Å². The Morgan fingerprint density at radius 1 is 1.36 bits per heavy atom. The van der Waals surface area contributed by atoms with Crippen molar-refractivity contribution < 1.29 is 9.59 Å². The molecule has 1 atom stereocenters. The minimum Gasteiger partial charge on any atom is -0.382 e. The SMILES string of the molecule is CC1NC=C(C(N)=O)C=C1NC(=O)c1cnn2cc(-c3ccc(=O)[nH]n3)sc12. The first-order chi connectivity index (χ1) is 13.4. The van der Waals surface area contributed by atoms with Crippen LogP contribution in [-0.4, -0.2) is 37.7 Å². The summed E-state index contributed by atoms with van der Waals surface area (Å²) in [6, 6.07) is 2.79. The van der Waals surface area contributed by atoms with Crippen LogP contribution in [0, 0.1) is 0 Å². The van der Waals surface area contributed by atoms with Crippen molar-refractivity contribution >= 4 is 28.0 Å². The predicted molar refractivity (Wildman–Crippen MR) is 102 cm³/mol. The molecular weight excluding hydrogens is 382 g/mol. The number of aromatic nitrogens is 4. The molecule has 5 N–H and O–H groups in total. The zero-order valence-electron chi connectivity index (χ0n) is 14.6. The number of aromatic amines is 1. The molecule has 4 heterocycles. The van der Waals surface area contributed by atoms with Gasteiger partial charge in [-0.25, -0.2) is 9.61 Å². The average molecular weight is 397 g/mol. The number of nitrogens with two attached hydrogens (primary N) is 1. The molecule has 2 amide bonds. The van der Waals surface area contributed by atoms with E-state index in [1.54, 1.807) is 22.9 Å². The van der Waals surface area contributed by atoms with Gasteiger partial charge in [0.25, 0.3) is 11.5 Å². The minimum absolute atomic E-state index is 0.192. The molecule has 28 heavy (non-hydrogen) atoms. The normalized spacial score (nSPS) is 16.2. The summed E-state index contributed by atoms with van der Waals surface area (Å²) in [5.74, 6) is -0.946. The van der Waals surface area contributed by atoms with Crippen molar-refractivity contribution in [3.63, 3.8) is 0 Å². The van der Waals surface area contributed by atoms with Crippen molar-refractivity contribution in [2.24, 2.45) is 5.73 Å². The first kappa shape index (κ1) is 17.7. The molecule has 3 aromatic heterocycles. The number of nitrogens with one attached hydrogen (secondary N) is 3. The van der Waals surface area contributed by atoms with Crippen LogP contribution in [0.5, 0.6) is 0 Å². The number of H-pyrrole nitrogens is 1. The molecule has 0 saturated heterocycles. The summed E-state index contributed by atoms with van der Waals surface area (Å²) in [6.07, 6.45) is 6.27. The summed E-state index contributed by atoms with van der Waals surface area (Å²) < 4.78 is 1.58. The van der Waals surface area contributed by atoms with E-state index in [-0.39, 0.29) is 23.1 Å². The molecule has 0 spiro atoms. The highest BCUT2D eigenvalue weighted by molar-refractivity contribution is 7.21. The third-order valence-electron chi connectivity index (χ3n) is 4.18. The minimum atomic E-state index is -0.588. The number of dihydropyridines is 1. The fourth-order valence-corrected chi connectivity index (χ4v) is 3.69. The lowest BCUT2D eigenvalue weighted by Crippen LogP contribution is -2.38. The molecular formula is C17H15N7O3S. The van der Waals surface area contributed by atoms with Crippen LogP contribution in [-0.2, 0) is 4.79 Å². The van der Waals surface area contributed by atoms with E-state index in [0.29, 0.717) is 21.8 Å². The Morgan fingerprint density at radius 2 is 2.18 bits per heavy atom. The van der Waals surface area contributed by atoms with E-state index in [9.17, 15) is 14.4 Å². The second-order valence-corrected chi connectivity index (χ2v) is 7.15. The molecule has 10 nitrogen and oxygen atoms in total. The number of amides is 2. The molecule has 0 aromatic carbocycles. The zero-order chi connectivity index (χ0) is 19.8. The average Bonchev–Trinajstić information content (AvgIpc) is 3.24. The van der Waals surface area contributed by atoms with E-state index in [1.807, 2.05) is 6.92 Å². The number of carbonyl (C=O) groups excluding carboxylic acids is 2. The number of hydrogen-bond donors (Lipinski definition) is 4. The van der Waals surface area contributed by atoms with Gasteiger partial charge >= 0.3 is 0 Å². The van der Waals surface area contributed by atoms with Gasteiger partial charge in [-0.1, -0.05) is 0 Å². The number of carbonyl (C=O) groups is 2. The number of hydrogen-bond acceptors (Lipinski definition) is 7. The smallest absolute Gasteiger partial charge is 0.264 e. The predicted octanol–water partition coefficient (Wildman–Crippen LogP) is 0.121. The van der Waals surface area contributed by atoms with E-state index in [4.69, 9.17) is 5.73 Å². The fourth-order valence-electron chi connectivity index (χ4n) is 2.67. The molecule has 0 bridgehead atoms. The molecule has 4 rings (SSSR count). The number of fused-ring (bicyclic) bond motifs is 1. The highest BCUT2D eigenvalue weighted by Gasteiger charge is 2.21. The highest BCUT2D eigenvalue weighted by atomic mass is 32.1. The molecule has 1 unspecified atom stereocenters. The van der Waals surface area contributed by atoms with Crippen molar-refractivity contribution in [2.75, 3.05) is 0 Å². The summed E-state index contributed by atoms with van der Waals surface area (Å²) in [4.78, 5) is 36.7. The third-order valence-corrected chi connectivity index (χ3v) is 5.32. The Balaban J connectivity index is 1.63. The van der Waals surface area contributed by atoms with E-state index < -0.39 is 5.91 Å². The van der Waals surface area contributed by atoms with Gasteiger partial charge in [0.1, 0.15) is 10.5 Å². The summed E-state index contributed by atoms with van der Waals surface area (Å²) in [6.45, 7) is 1.85. The molecule has 142 valence electrons. The number of primary amides is 1. The maximum atomic E-state index is 12.8. The fraction of sp³-hybridized carbons (Fsp3) is 0.118. The lowest BCUT2D eigenvalue weighted by molar-refractivity contribution is -0.114. The van der Waals surface area contributed by atoms with Gasteiger partial charge in [0.05, 0.1) is 28.3 Å². The maximum Gasteiger partial charge on any atom is 0.264 e. The first-order valence-corrected chi connectivity index (χ1v) is 9.06. The van der Waals surface area contributed by atoms with Crippen LogP contribution < -0.4 is 21.9 Å². The Bertz CT molecular complexity index is 1200. The van der Waals surface area contributed by atoms with Crippen LogP contribution in [0.3, 0.4) is 0 Å². The molecule has 11 heteroatoms. The zero-order valence-corrected chi connectivity index (χ0v) is 15.4. The first-order valence-electron chi connectivity index (χ1n) is 8.24. The van der Waals surface area contributed by atoms with Gasteiger partial charge in [-0.05, 0) is 19.1 Å². The van der Waals surface area contributed by atoms with Crippen LogP contribution in [0.1, 0.15) is 17.3 Å². The molecule has 0 radical (unpaired) electrons. The number of rotatable bonds is 4. The Kier molecular flexibility index (Phi) is 4.28. The molecule has 0 aliphatic carbocycles. The van der Waals surface area contributed by atoms with Crippen molar-refractivity contribution in [2.45, 2.75) is 13.0 Å². The number of thiazole rings is 1. The largest absolute Gasteiger partial charge is 0.382 e. The second-order valence-electron chi connectivity index (χ2n) is 6.12. The van der Waals surface area contributed by atoms with E-state index >= 15 is 0 Å². The van der Waals surface area contributed by atoms with Crippen LogP contribution in [0.2, 0.25) is 0 Å². The number of nitrogens with zero attached hydrogens (tertiary/aromatic N) is 3. The summed E-state index contributed by atoms with van der Waals surface area (Å²) in [7, 11) is 0. The summed E-state index contributed by atoms with van der Waals surface area (Å²) in [5, 5.41) is 16.4. The lowest BCUT2D eigenvalue weighted by Gasteiger charge is -2.21. The van der Waals surface area contributed by atoms with Crippen molar-refractivity contribution in [1.29, 1.82) is 0 Å². The topological polar surface area (TPSA) is 147 Å². The van der Waals surface area contributed by atoms with Crippen molar-refractivity contribution in [3.05, 3.63) is 64.0 Å². The Hall–Kier alpha value is -3.73. The summed E-state index contributed by atoms with van der Waals surface area (Å²) >= 11 is 1.32. The molecule has 3 aromatic rings. The van der Waals surface area contributed by atoms with Gasteiger partial charge in [0.15, 0.2) is 0 Å². The molecule has 0 saturated carbocycles. The van der Waals surface area contributed by atoms with E-state index in [1.165, 1.54) is 29.8 Å². The van der Waals surface area contributed by atoms with Crippen LogP contribution in [0.4, 0.5) is 0 Å². The molecule has 1 aliphatic rings. The van der Waals surface area contributed by atoms with Crippen LogP contribution >= 0.6 is 11.3 Å². The van der Waals surface area contributed by atoms with Gasteiger partial charge in [-0.3, -0.25) is 14.4 Å². The Labute approximate surface area is 161 Å². The standard InChI is InChI=1S/C17H15N7O3S/c1-8-12(4-9(5-19-8)15(18)26)21-16(27)10-6-20-24-7-13(28-17(10)24)11-2-3-14(25)23-22-11/h2-8,19H,1H3,(H2,18,26)(H,21,27)(H,23,25). The second kappa shape index (κ2) is 6.78. The van der Waals surface area contributed by atoms with Gasteiger partial charge in [-0.2, -0.15) is 10.2 Å². The third kappa shape index (κ3) is 3.18. The Morgan fingerprint density at radius 3 is 2.89 bits per heavy atom. The van der Waals surface area contributed by atoms with Crippen LogP contribution in [0.25, 0.3) is 15.4 Å². The molecule has 1 aliphatic heterocycles. The van der Waals surface area contributed by atoms with Gasteiger partial charge < -0.3 is 16.4 Å². The summed E-state index contributed by atoms with van der Waals surface area (Å²) in [5.41, 5.74) is 6.76. The lowest BCUT2D eigenvalue weighted by atomic mass is 10.1. The van der Waals surface area contributed by atoms with Gasteiger partial charge in [0.2, 0.25) is 5.91 Å². The van der Waals surface area contributed by atoms with Gasteiger partial charge in [-0.15, -0.1) is 11.3 Å². The van der Waals surface area contributed by atoms with E-state index in [2.05, 4.69) is 25.9 Å². The van der Waals surface area contributed by atoms with Gasteiger partial charge in [0, 0.05) is 24.2 Å². The molecule has 0 fully saturated rings. The maximum absolute atomic E-state index is 12.8.